The molecule has 0 aromatic rings. The summed E-state index contributed by atoms with van der Waals surface area (Å²) in [7, 11) is -3.47. The van der Waals surface area contributed by atoms with Gasteiger partial charge >= 0.3 is 0 Å². The monoisotopic (exact) mass is 319 g/mol. The Morgan fingerprint density at radius 2 is 2.14 bits per heavy atom. The zero-order chi connectivity index (χ0) is 15.5. The van der Waals surface area contributed by atoms with E-state index in [2.05, 4.69) is 10.0 Å². The summed E-state index contributed by atoms with van der Waals surface area (Å²) in [6, 6.07) is 0.0532. The quantitative estimate of drug-likeness (QED) is 0.761. The average Bonchev–Trinajstić information content (AvgIpc) is 2.75. The highest BCUT2D eigenvalue weighted by atomic mass is 32.2. The Hall–Kier alpha value is -0.210. The molecule has 0 saturated carbocycles. The highest BCUT2D eigenvalue weighted by Crippen LogP contribution is 2.28. The zero-order valence-corrected chi connectivity index (χ0v) is 14.2. The summed E-state index contributed by atoms with van der Waals surface area (Å²) in [6.07, 6.45) is 3.59. The minimum absolute atomic E-state index is 0.0532. The molecule has 2 rings (SSSR count). The number of nitrogens with one attached hydrogen (secondary N) is 2. The molecule has 21 heavy (non-hydrogen) atoms. The summed E-state index contributed by atoms with van der Waals surface area (Å²) < 4.78 is 35.7. The lowest BCUT2D eigenvalue weighted by atomic mass is 9.97. The fourth-order valence-corrected chi connectivity index (χ4v) is 5.04. The van der Waals surface area contributed by atoms with Crippen LogP contribution in [0.5, 0.6) is 0 Å². The van der Waals surface area contributed by atoms with Gasteiger partial charge in [-0.25, -0.2) is 0 Å². The summed E-state index contributed by atoms with van der Waals surface area (Å²) >= 11 is 0. The molecule has 124 valence electrons. The van der Waals surface area contributed by atoms with E-state index in [9.17, 15) is 8.42 Å². The maximum Gasteiger partial charge on any atom is 0.280 e. The molecule has 2 N–H and O–H groups in total. The molecule has 7 heteroatoms. The van der Waals surface area contributed by atoms with Crippen molar-refractivity contribution in [2.45, 2.75) is 64.1 Å². The van der Waals surface area contributed by atoms with E-state index in [0.717, 1.165) is 38.8 Å². The fraction of sp³-hybridized carbons (Fsp3) is 1.00. The maximum atomic E-state index is 12.8. The topological polar surface area (TPSA) is 70.7 Å². The molecule has 0 spiro atoms. The van der Waals surface area contributed by atoms with Gasteiger partial charge in [0, 0.05) is 25.7 Å². The largest absolute Gasteiger partial charge is 0.376 e. The lowest BCUT2D eigenvalue weighted by Gasteiger charge is -2.38. The van der Waals surface area contributed by atoms with E-state index in [1.165, 1.54) is 0 Å². The molecule has 0 bridgehead atoms. The van der Waals surface area contributed by atoms with Crippen LogP contribution in [0.2, 0.25) is 0 Å². The van der Waals surface area contributed by atoms with Crippen molar-refractivity contribution in [2.75, 3.05) is 26.2 Å². The summed E-state index contributed by atoms with van der Waals surface area (Å²) in [5, 5.41) is 3.27. The summed E-state index contributed by atoms with van der Waals surface area (Å²) in [6.45, 7) is 8.71. The Kier molecular flexibility index (Phi) is 5.65. The fourth-order valence-electron chi connectivity index (χ4n) is 3.13. The molecule has 0 amide bonds. The van der Waals surface area contributed by atoms with Gasteiger partial charge in [0.25, 0.3) is 10.2 Å². The van der Waals surface area contributed by atoms with Crippen LogP contribution in [0.4, 0.5) is 0 Å². The van der Waals surface area contributed by atoms with Gasteiger partial charge in [-0.1, -0.05) is 13.3 Å². The van der Waals surface area contributed by atoms with Gasteiger partial charge in [0.15, 0.2) is 0 Å². The number of nitrogens with zero attached hydrogens (tertiary/aromatic N) is 1. The van der Waals surface area contributed by atoms with Crippen molar-refractivity contribution < 1.29 is 13.2 Å². The van der Waals surface area contributed by atoms with Crippen LogP contribution < -0.4 is 10.0 Å². The van der Waals surface area contributed by atoms with E-state index in [0.29, 0.717) is 13.2 Å². The predicted molar refractivity (Wildman–Crippen MR) is 83.4 cm³/mol. The molecule has 3 atom stereocenters. The molecule has 2 saturated heterocycles. The smallest absolute Gasteiger partial charge is 0.280 e. The third kappa shape index (κ3) is 3.96. The Morgan fingerprint density at radius 1 is 1.38 bits per heavy atom. The van der Waals surface area contributed by atoms with Gasteiger partial charge in [-0.3, -0.25) is 0 Å². The van der Waals surface area contributed by atoms with Crippen molar-refractivity contribution in [1.29, 1.82) is 0 Å². The van der Waals surface area contributed by atoms with Gasteiger partial charge in [-0.05, 0) is 39.7 Å². The van der Waals surface area contributed by atoms with Gasteiger partial charge < -0.3 is 10.1 Å². The van der Waals surface area contributed by atoms with Crippen molar-refractivity contribution in [3.05, 3.63) is 0 Å². The minimum Gasteiger partial charge on any atom is -0.376 e. The molecular formula is C14H29N3O3S. The molecule has 0 aromatic carbocycles. The van der Waals surface area contributed by atoms with Gasteiger partial charge in [-0.15, -0.1) is 0 Å². The second-order valence-electron chi connectivity index (χ2n) is 6.36. The average molecular weight is 319 g/mol. The van der Waals surface area contributed by atoms with Gasteiger partial charge in [-0.2, -0.15) is 17.4 Å². The normalized spacial score (nSPS) is 35.2. The summed E-state index contributed by atoms with van der Waals surface area (Å²) in [5.41, 5.74) is -0.501. The molecule has 0 radical (unpaired) electrons. The zero-order valence-electron chi connectivity index (χ0n) is 13.4. The third-order valence-corrected chi connectivity index (χ3v) is 6.58. The lowest BCUT2D eigenvalue weighted by molar-refractivity contribution is 0.0946. The Labute approximate surface area is 128 Å². The SMILES string of the molecule is CCNCC1CCCCN1S(=O)(=O)NC1(C)CCOC1C. The van der Waals surface area contributed by atoms with Crippen LogP contribution in [0.3, 0.4) is 0 Å². The van der Waals surface area contributed by atoms with Crippen LogP contribution in [0.15, 0.2) is 0 Å². The van der Waals surface area contributed by atoms with Crippen LogP contribution in [0, 0.1) is 0 Å². The van der Waals surface area contributed by atoms with Crippen LogP contribution in [0.25, 0.3) is 0 Å². The summed E-state index contributed by atoms with van der Waals surface area (Å²) in [5.74, 6) is 0. The third-order valence-electron chi connectivity index (χ3n) is 4.76. The van der Waals surface area contributed by atoms with Crippen molar-refractivity contribution in [1.82, 2.24) is 14.3 Å². The molecule has 2 heterocycles. The van der Waals surface area contributed by atoms with Gasteiger partial charge in [0.1, 0.15) is 0 Å². The maximum absolute atomic E-state index is 12.8. The van der Waals surface area contributed by atoms with E-state index in [-0.39, 0.29) is 12.1 Å². The number of likely N-dealkylation sites (N-methyl/N-ethyl adjacent to an activating group) is 1. The van der Waals surface area contributed by atoms with Crippen molar-refractivity contribution >= 4 is 10.2 Å². The predicted octanol–water partition coefficient (Wildman–Crippen LogP) is 0.852. The van der Waals surface area contributed by atoms with E-state index in [4.69, 9.17) is 4.74 Å². The number of hydrogen-bond donors (Lipinski definition) is 2. The van der Waals surface area contributed by atoms with Gasteiger partial charge in [0.05, 0.1) is 11.6 Å². The molecule has 2 aliphatic rings. The summed E-state index contributed by atoms with van der Waals surface area (Å²) in [4.78, 5) is 0. The number of hydrogen-bond acceptors (Lipinski definition) is 4. The van der Waals surface area contributed by atoms with Crippen LogP contribution >= 0.6 is 0 Å². The second-order valence-corrected chi connectivity index (χ2v) is 7.98. The minimum atomic E-state index is -3.47. The molecule has 3 unspecified atom stereocenters. The number of piperidine rings is 1. The number of ether oxygens (including phenoxy) is 1. The molecule has 2 fully saturated rings. The van der Waals surface area contributed by atoms with E-state index < -0.39 is 15.7 Å². The molecular weight excluding hydrogens is 290 g/mol. The first kappa shape index (κ1) is 17.1. The van der Waals surface area contributed by atoms with Crippen LogP contribution in [-0.2, 0) is 14.9 Å². The first-order chi connectivity index (χ1) is 9.89. The lowest BCUT2D eigenvalue weighted by Crippen LogP contribution is -2.59. The Morgan fingerprint density at radius 3 is 2.76 bits per heavy atom. The molecule has 0 aliphatic carbocycles. The van der Waals surface area contributed by atoms with Crippen molar-refractivity contribution in [3.8, 4) is 0 Å². The highest BCUT2D eigenvalue weighted by molar-refractivity contribution is 7.87. The molecule has 6 nitrogen and oxygen atoms in total. The van der Waals surface area contributed by atoms with E-state index in [1.54, 1.807) is 4.31 Å². The van der Waals surface area contributed by atoms with Crippen molar-refractivity contribution in [3.63, 3.8) is 0 Å². The standard InChI is InChI=1S/C14H29N3O3S/c1-4-15-11-13-7-5-6-9-17(13)21(18,19)16-14(3)8-10-20-12(14)2/h12-13,15-16H,4-11H2,1-3H3. The van der Waals surface area contributed by atoms with Gasteiger partial charge in [0.2, 0.25) is 0 Å². The number of rotatable bonds is 6. The molecule has 0 aromatic heterocycles. The van der Waals surface area contributed by atoms with E-state index >= 15 is 0 Å². The van der Waals surface area contributed by atoms with Crippen LogP contribution in [0.1, 0.15) is 46.5 Å². The first-order valence-electron chi connectivity index (χ1n) is 8.02. The van der Waals surface area contributed by atoms with Crippen molar-refractivity contribution in [2.24, 2.45) is 0 Å². The second kappa shape index (κ2) is 6.91. The van der Waals surface area contributed by atoms with E-state index in [1.807, 2.05) is 20.8 Å². The first-order valence-corrected chi connectivity index (χ1v) is 9.46. The highest BCUT2D eigenvalue weighted by Gasteiger charge is 2.43. The van der Waals surface area contributed by atoms with Crippen LogP contribution in [-0.4, -0.2) is 56.6 Å². The Balaban J connectivity index is 2.09. The Bertz CT molecular complexity index is 443. The molecule has 2 aliphatic heterocycles.